The van der Waals surface area contributed by atoms with E-state index in [1.165, 1.54) is 48.6 Å². The maximum atomic E-state index is 12.5. The molecule has 0 atom stereocenters. The summed E-state index contributed by atoms with van der Waals surface area (Å²) in [7, 11) is 0. The molecule has 170 valence electrons. The highest BCUT2D eigenvalue weighted by Crippen LogP contribution is 2.16. The van der Waals surface area contributed by atoms with E-state index in [4.69, 9.17) is 0 Å². The van der Waals surface area contributed by atoms with Crippen LogP contribution in [-0.2, 0) is 9.59 Å². The minimum Gasteiger partial charge on any atom is -0.337 e. The summed E-state index contributed by atoms with van der Waals surface area (Å²) in [5.41, 5.74) is 1.00. The summed E-state index contributed by atoms with van der Waals surface area (Å²) in [4.78, 5) is 49.1. The predicted molar refractivity (Wildman–Crippen MR) is 122 cm³/mol. The van der Waals surface area contributed by atoms with Gasteiger partial charge in [0.25, 0.3) is 11.4 Å². The molecule has 0 bridgehead atoms. The SMILES string of the molecule is O=C(/C=C\c1cccc([N+](=O)[O-])c1)N1CCCN(C(=O)/C=C\c2cccc([N+](=O)[O-])c2)CC1. The Bertz CT molecular complexity index is 1040. The second-order valence-corrected chi connectivity index (χ2v) is 7.37. The molecule has 33 heavy (non-hydrogen) atoms. The zero-order valence-corrected chi connectivity index (χ0v) is 17.7. The number of nitrogens with zero attached hydrogens (tertiary/aromatic N) is 4. The summed E-state index contributed by atoms with van der Waals surface area (Å²) >= 11 is 0. The standard InChI is InChI=1S/C23H22N4O6/c28-22(10-8-18-4-1-6-20(16-18)26(30)31)24-12-3-13-25(15-14-24)23(29)11-9-19-5-2-7-21(17-19)27(32)33/h1-2,4-11,16-17H,3,12-15H2/b10-8-,11-9-. The number of rotatable bonds is 6. The van der Waals surface area contributed by atoms with Crippen molar-refractivity contribution in [1.29, 1.82) is 0 Å². The van der Waals surface area contributed by atoms with E-state index < -0.39 is 9.85 Å². The highest BCUT2D eigenvalue weighted by atomic mass is 16.6. The fraction of sp³-hybridized carbons (Fsp3) is 0.217. The van der Waals surface area contributed by atoms with E-state index in [-0.39, 0.29) is 23.2 Å². The Morgan fingerprint density at radius 2 is 1.15 bits per heavy atom. The predicted octanol–water partition coefficient (Wildman–Crippen LogP) is 3.29. The first kappa shape index (κ1) is 23.3. The lowest BCUT2D eigenvalue weighted by Crippen LogP contribution is -2.36. The largest absolute Gasteiger partial charge is 0.337 e. The number of hydrogen-bond acceptors (Lipinski definition) is 6. The van der Waals surface area contributed by atoms with E-state index in [1.54, 1.807) is 34.1 Å². The van der Waals surface area contributed by atoms with Crippen molar-refractivity contribution in [2.24, 2.45) is 0 Å². The third-order valence-electron chi connectivity index (χ3n) is 5.12. The third-order valence-corrected chi connectivity index (χ3v) is 5.12. The molecule has 1 fully saturated rings. The van der Waals surface area contributed by atoms with Gasteiger partial charge in [-0.15, -0.1) is 0 Å². The van der Waals surface area contributed by atoms with Gasteiger partial charge in [0.2, 0.25) is 11.8 Å². The molecule has 0 N–H and O–H groups in total. The topological polar surface area (TPSA) is 127 Å². The van der Waals surface area contributed by atoms with E-state index in [1.807, 2.05) is 0 Å². The van der Waals surface area contributed by atoms with Crippen LogP contribution in [0.4, 0.5) is 11.4 Å². The second kappa shape index (κ2) is 10.8. The number of carbonyl (C=O) groups excluding carboxylic acids is 2. The van der Waals surface area contributed by atoms with Crippen LogP contribution in [0, 0.1) is 20.2 Å². The van der Waals surface area contributed by atoms with Crippen molar-refractivity contribution >= 4 is 35.3 Å². The van der Waals surface area contributed by atoms with Gasteiger partial charge >= 0.3 is 0 Å². The quantitative estimate of drug-likeness (QED) is 0.377. The monoisotopic (exact) mass is 450 g/mol. The van der Waals surface area contributed by atoms with E-state index in [2.05, 4.69) is 0 Å². The van der Waals surface area contributed by atoms with Crippen LogP contribution in [0.5, 0.6) is 0 Å². The van der Waals surface area contributed by atoms with Crippen LogP contribution in [0.15, 0.2) is 60.7 Å². The van der Waals surface area contributed by atoms with Gasteiger partial charge in [-0.25, -0.2) is 0 Å². The molecular formula is C23H22N4O6. The molecule has 2 amide bonds. The van der Waals surface area contributed by atoms with Gasteiger partial charge in [0, 0.05) is 62.6 Å². The number of nitro benzene ring substituents is 2. The average Bonchev–Trinajstić information content (AvgIpc) is 3.08. The van der Waals surface area contributed by atoms with Crippen molar-refractivity contribution in [2.45, 2.75) is 6.42 Å². The molecule has 1 aliphatic rings. The summed E-state index contributed by atoms with van der Waals surface area (Å²) in [5, 5.41) is 21.7. The summed E-state index contributed by atoms with van der Waals surface area (Å²) in [6.45, 7) is 1.68. The van der Waals surface area contributed by atoms with Crippen LogP contribution in [0.25, 0.3) is 12.2 Å². The van der Waals surface area contributed by atoms with E-state index in [0.717, 1.165) is 0 Å². The molecule has 2 aromatic carbocycles. The number of carbonyl (C=O) groups is 2. The van der Waals surface area contributed by atoms with Crippen molar-refractivity contribution in [2.75, 3.05) is 26.2 Å². The first-order valence-corrected chi connectivity index (χ1v) is 10.3. The van der Waals surface area contributed by atoms with Gasteiger partial charge in [-0.05, 0) is 29.7 Å². The molecule has 0 saturated carbocycles. The lowest BCUT2D eigenvalue weighted by molar-refractivity contribution is -0.385. The van der Waals surface area contributed by atoms with Crippen LogP contribution in [0.1, 0.15) is 17.5 Å². The van der Waals surface area contributed by atoms with Crippen LogP contribution in [0.2, 0.25) is 0 Å². The molecule has 0 aliphatic carbocycles. The maximum Gasteiger partial charge on any atom is 0.270 e. The molecule has 1 aliphatic heterocycles. The van der Waals surface area contributed by atoms with E-state index in [0.29, 0.717) is 43.7 Å². The lowest BCUT2D eigenvalue weighted by Gasteiger charge is -2.20. The normalized spacial score (nSPS) is 14.4. The number of hydrogen-bond donors (Lipinski definition) is 0. The second-order valence-electron chi connectivity index (χ2n) is 7.37. The van der Waals surface area contributed by atoms with Gasteiger partial charge in [0.15, 0.2) is 0 Å². The summed E-state index contributed by atoms with van der Waals surface area (Å²) in [5.74, 6) is -0.467. The number of benzene rings is 2. The van der Waals surface area contributed by atoms with Gasteiger partial charge in [0.05, 0.1) is 9.85 Å². The number of nitro groups is 2. The van der Waals surface area contributed by atoms with Crippen LogP contribution < -0.4 is 0 Å². The Morgan fingerprint density at radius 1 is 0.727 bits per heavy atom. The van der Waals surface area contributed by atoms with Gasteiger partial charge in [-0.1, -0.05) is 24.3 Å². The molecular weight excluding hydrogens is 428 g/mol. The van der Waals surface area contributed by atoms with E-state index in [9.17, 15) is 29.8 Å². The third kappa shape index (κ3) is 6.57. The molecule has 0 radical (unpaired) electrons. The fourth-order valence-electron chi connectivity index (χ4n) is 3.39. The van der Waals surface area contributed by atoms with Crippen molar-refractivity contribution in [3.05, 3.63) is 92.0 Å². The molecule has 10 nitrogen and oxygen atoms in total. The van der Waals surface area contributed by atoms with Crippen molar-refractivity contribution in [3.63, 3.8) is 0 Å². The van der Waals surface area contributed by atoms with Gasteiger partial charge in [-0.2, -0.15) is 0 Å². The van der Waals surface area contributed by atoms with Gasteiger partial charge < -0.3 is 9.80 Å². The molecule has 1 saturated heterocycles. The Balaban J connectivity index is 1.57. The maximum absolute atomic E-state index is 12.5. The van der Waals surface area contributed by atoms with Crippen LogP contribution in [0.3, 0.4) is 0 Å². The van der Waals surface area contributed by atoms with Crippen molar-refractivity contribution in [1.82, 2.24) is 9.80 Å². The highest BCUT2D eigenvalue weighted by Gasteiger charge is 2.20. The first-order chi connectivity index (χ1) is 15.8. The molecule has 0 aromatic heterocycles. The van der Waals surface area contributed by atoms with Crippen molar-refractivity contribution < 1.29 is 19.4 Å². The van der Waals surface area contributed by atoms with E-state index >= 15 is 0 Å². The lowest BCUT2D eigenvalue weighted by atomic mass is 10.2. The molecule has 0 spiro atoms. The fourth-order valence-corrected chi connectivity index (χ4v) is 3.39. The molecule has 1 heterocycles. The summed E-state index contributed by atoms with van der Waals surface area (Å²) in [6, 6.07) is 12.0. The van der Waals surface area contributed by atoms with Crippen LogP contribution in [-0.4, -0.2) is 57.6 Å². The smallest absolute Gasteiger partial charge is 0.270 e. The Kier molecular flexibility index (Phi) is 7.64. The number of amides is 2. The molecule has 0 unspecified atom stereocenters. The minimum absolute atomic E-state index is 0.0494. The zero-order chi connectivity index (χ0) is 23.8. The van der Waals surface area contributed by atoms with Crippen LogP contribution >= 0.6 is 0 Å². The molecule has 2 aromatic rings. The summed E-state index contributed by atoms with van der Waals surface area (Å²) < 4.78 is 0. The minimum atomic E-state index is -0.493. The Hall–Kier alpha value is -4.34. The zero-order valence-electron chi connectivity index (χ0n) is 17.7. The van der Waals surface area contributed by atoms with Crippen molar-refractivity contribution in [3.8, 4) is 0 Å². The molecule has 3 rings (SSSR count). The highest BCUT2D eigenvalue weighted by molar-refractivity contribution is 5.93. The average molecular weight is 450 g/mol. The number of non-ortho nitro benzene ring substituents is 2. The van der Waals surface area contributed by atoms with Gasteiger partial charge in [0.1, 0.15) is 0 Å². The first-order valence-electron chi connectivity index (χ1n) is 10.3. The van der Waals surface area contributed by atoms with Gasteiger partial charge in [-0.3, -0.25) is 29.8 Å². The Labute approximate surface area is 189 Å². The Morgan fingerprint density at radius 3 is 1.55 bits per heavy atom. The summed E-state index contributed by atoms with van der Waals surface area (Å²) in [6.07, 6.45) is 6.42. The molecule has 10 heteroatoms.